The minimum absolute atomic E-state index is 0.175. The summed E-state index contributed by atoms with van der Waals surface area (Å²) in [5, 5.41) is 1.97. The Bertz CT molecular complexity index is 2380. The van der Waals surface area contributed by atoms with Crippen LogP contribution >= 0.6 is 27.3 Å². The van der Waals surface area contributed by atoms with Crippen molar-refractivity contribution in [2.24, 2.45) is 4.99 Å². The number of thiazole rings is 1. The number of benzene rings is 5. The van der Waals surface area contributed by atoms with Gasteiger partial charge in [0, 0.05) is 15.6 Å². The first-order valence-electron chi connectivity index (χ1n) is 15.8. The van der Waals surface area contributed by atoms with Crippen LogP contribution in [0.15, 0.2) is 135 Å². The average molecular weight is 732 g/mol. The highest BCUT2D eigenvalue weighted by molar-refractivity contribution is 9.10. The molecule has 0 saturated heterocycles. The summed E-state index contributed by atoms with van der Waals surface area (Å²) in [6.45, 7) is 2.29. The van der Waals surface area contributed by atoms with Crippen LogP contribution in [-0.2, 0) is 16.1 Å². The molecule has 0 bridgehead atoms. The molecule has 244 valence electrons. The molecule has 1 aliphatic rings. The molecule has 0 radical (unpaired) electrons. The Balaban J connectivity index is 1.45. The molecule has 0 spiro atoms. The molecule has 49 heavy (non-hydrogen) atoms. The molecule has 0 N–H and O–H groups in total. The zero-order chi connectivity index (χ0) is 33.9. The highest BCUT2D eigenvalue weighted by atomic mass is 79.9. The number of ether oxygens (including phenoxy) is 3. The molecule has 1 aromatic heterocycles. The summed E-state index contributed by atoms with van der Waals surface area (Å²) in [7, 11) is 1.60. The third kappa shape index (κ3) is 6.47. The quantitative estimate of drug-likeness (QED) is 0.145. The maximum absolute atomic E-state index is 14.6. The summed E-state index contributed by atoms with van der Waals surface area (Å²) < 4.78 is 20.5. The summed E-state index contributed by atoms with van der Waals surface area (Å²) in [4.78, 5) is 33.8. The number of aromatic nitrogens is 1. The van der Waals surface area contributed by atoms with Gasteiger partial charge in [-0.15, -0.1) is 0 Å². The van der Waals surface area contributed by atoms with Gasteiger partial charge in [-0.25, -0.2) is 9.79 Å². The van der Waals surface area contributed by atoms with Gasteiger partial charge in [0.05, 0.1) is 35.6 Å². The smallest absolute Gasteiger partial charge is 0.338 e. The van der Waals surface area contributed by atoms with E-state index < -0.39 is 12.0 Å². The minimum atomic E-state index is -0.792. The third-order valence-electron chi connectivity index (χ3n) is 8.32. The summed E-state index contributed by atoms with van der Waals surface area (Å²) in [6, 6.07) is 36.1. The van der Waals surface area contributed by atoms with Crippen LogP contribution in [0.2, 0.25) is 0 Å². The van der Waals surface area contributed by atoms with Crippen LogP contribution in [0.1, 0.15) is 35.2 Å². The summed E-state index contributed by atoms with van der Waals surface area (Å²) in [6.07, 6.45) is 1.88. The van der Waals surface area contributed by atoms with Crippen LogP contribution in [0.25, 0.3) is 22.5 Å². The molecule has 0 unspecified atom stereocenters. The Morgan fingerprint density at radius 2 is 1.65 bits per heavy atom. The molecule has 0 amide bonds. The van der Waals surface area contributed by atoms with Crippen LogP contribution in [0.4, 0.5) is 0 Å². The van der Waals surface area contributed by atoms with Crippen molar-refractivity contribution in [3.8, 4) is 11.5 Å². The zero-order valence-electron chi connectivity index (χ0n) is 26.8. The predicted octanol–water partition coefficient (Wildman–Crippen LogP) is 7.44. The van der Waals surface area contributed by atoms with Gasteiger partial charge in [0.2, 0.25) is 0 Å². The number of hydrogen-bond donors (Lipinski definition) is 0. The second-order valence-electron chi connectivity index (χ2n) is 11.3. The first-order valence-corrected chi connectivity index (χ1v) is 17.4. The fourth-order valence-electron chi connectivity index (χ4n) is 5.97. The molecule has 2 heterocycles. The van der Waals surface area contributed by atoms with Gasteiger partial charge in [-0.1, -0.05) is 112 Å². The highest BCUT2D eigenvalue weighted by Gasteiger charge is 2.35. The summed E-state index contributed by atoms with van der Waals surface area (Å²) in [5.74, 6) is 0.780. The van der Waals surface area contributed by atoms with Crippen molar-refractivity contribution >= 4 is 55.8 Å². The Morgan fingerprint density at radius 3 is 2.39 bits per heavy atom. The number of hydrogen-bond acceptors (Lipinski definition) is 7. The predicted molar refractivity (Wildman–Crippen MR) is 196 cm³/mol. The van der Waals surface area contributed by atoms with E-state index in [9.17, 15) is 9.59 Å². The van der Waals surface area contributed by atoms with Crippen LogP contribution in [0.5, 0.6) is 11.5 Å². The Labute approximate surface area is 295 Å². The van der Waals surface area contributed by atoms with Gasteiger partial charge >= 0.3 is 5.97 Å². The molecule has 0 fully saturated rings. The molecule has 5 aromatic carbocycles. The molecule has 9 heteroatoms. The first kappa shape index (κ1) is 32.3. The number of halogens is 1. The number of carbonyl (C=O) groups is 1. The summed E-state index contributed by atoms with van der Waals surface area (Å²) >= 11 is 4.77. The lowest BCUT2D eigenvalue weighted by Gasteiger charge is -2.26. The Morgan fingerprint density at radius 1 is 0.918 bits per heavy atom. The highest BCUT2D eigenvalue weighted by Crippen LogP contribution is 2.36. The average Bonchev–Trinajstić information content (AvgIpc) is 3.45. The lowest BCUT2D eigenvalue weighted by Crippen LogP contribution is -2.40. The second-order valence-corrected chi connectivity index (χ2v) is 13.2. The van der Waals surface area contributed by atoms with Crippen LogP contribution in [0.3, 0.4) is 0 Å². The maximum Gasteiger partial charge on any atom is 0.338 e. The van der Waals surface area contributed by atoms with Crippen molar-refractivity contribution in [2.75, 3.05) is 13.7 Å². The van der Waals surface area contributed by atoms with E-state index in [0.29, 0.717) is 38.7 Å². The molecule has 0 saturated carbocycles. The van der Waals surface area contributed by atoms with Gasteiger partial charge in [-0.3, -0.25) is 9.36 Å². The van der Waals surface area contributed by atoms with Crippen molar-refractivity contribution in [2.45, 2.75) is 19.6 Å². The number of methoxy groups -OCH3 is 1. The fraction of sp³-hybridized carbons (Fsp3) is 0.125. The van der Waals surface area contributed by atoms with E-state index in [-0.39, 0.29) is 12.2 Å². The third-order valence-corrected chi connectivity index (χ3v) is 9.83. The van der Waals surface area contributed by atoms with Crippen molar-refractivity contribution in [1.82, 2.24) is 4.57 Å². The van der Waals surface area contributed by atoms with Gasteiger partial charge in [0.15, 0.2) is 4.80 Å². The Kier molecular flexibility index (Phi) is 9.28. The minimum Gasteiger partial charge on any atom is -0.497 e. The van der Waals surface area contributed by atoms with Crippen molar-refractivity contribution < 1.29 is 19.0 Å². The van der Waals surface area contributed by atoms with Crippen LogP contribution in [-0.4, -0.2) is 24.3 Å². The normalized spacial score (nSPS) is 14.3. The van der Waals surface area contributed by atoms with E-state index in [0.717, 1.165) is 37.5 Å². The standard InChI is InChI=1S/C40H31BrN2O5S/c1-3-47-39(45)35-36(27-10-5-4-6-11-27)42-40-43(37(35)28-15-20-30(46-2)21-16-28)38(44)34(49-40)23-32-31-12-8-7-9-26(31)17-22-33(32)48-24-25-13-18-29(41)19-14-25/h4-23,37H,3,24H2,1-2H3/b34-23-/t37-/m0/s1. The van der Waals surface area contributed by atoms with E-state index >= 15 is 0 Å². The number of carbonyl (C=O) groups excluding carboxylic acids is 1. The van der Waals surface area contributed by atoms with Crippen molar-refractivity contribution in [3.63, 3.8) is 0 Å². The van der Waals surface area contributed by atoms with E-state index in [1.807, 2.05) is 121 Å². The number of rotatable bonds is 9. The zero-order valence-corrected chi connectivity index (χ0v) is 29.2. The topological polar surface area (TPSA) is 79.1 Å². The number of fused-ring (bicyclic) bond motifs is 2. The van der Waals surface area contributed by atoms with Gasteiger partial charge in [-0.2, -0.15) is 0 Å². The van der Waals surface area contributed by atoms with E-state index in [2.05, 4.69) is 15.9 Å². The molecular weight excluding hydrogens is 700 g/mol. The fourth-order valence-corrected chi connectivity index (χ4v) is 7.21. The molecular formula is C40H31BrN2O5S. The molecule has 6 aromatic rings. The van der Waals surface area contributed by atoms with E-state index in [4.69, 9.17) is 19.2 Å². The second kappa shape index (κ2) is 14.1. The number of nitrogens with zero attached hydrogens (tertiary/aromatic N) is 2. The molecule has 1 aliphatic heterocycles. The first-order chi connectivity index (χ1) is 23.9. The van der Waals surface area contributed by atoms with E-state index in [1.54, 1.807) is 18.6 Å². The molecule has 1 atom stereocenters. The van der Waals surface area contributed by atoms with Gasteiger partial charge in [0.1, 0.15) is 18.1 Å². The summed E-state index contributed by atoms with van der Waals surface area (Å²) in [5.41, 5.74) is 3.76. The molecule has 7 rings (SSSR count). The molecule has 7 nitrogen and oxygen atoms in total. The monoisotopic (exact) mass is 730 g/mol. The Hall–Kier alpha value is -5.25. The lowest BCUT2D eigenvalue weighted by atomic mass is 9.93. The molecule has 0 aliphatic carbocycles. The van der Waals surface area contributed by atoms with Gasteiger partial charge < -0.3 is 14.2 Å². The largest absolute Gasteiger partial charge is 0.497 e. The maximum atomic E-state index is 14.6. The van der Waals surface area contributed by atoms with Crippen LogP contribution in [0, 0.1) is 0 Å². The van der Waals surface area contributed by atoms with Gasteiger partial charge in [0.25, 0.3) is 5.56 Å². The van der Waals surface area contributed by atoms with Crippen molar-refractivity contribution in [3.05, 3.63) is 167 Å². The van der Waals surface area contributed by atoms with E-state index in [1.165, 1.54) is 11.3 Å². The van der Waals surface area contributed by atoms with Gasteiger partial charge in [-0.05, 0) is 65.2 Å². The van der Waals surface area contributed by atoms with Crippen LogP contribution < -0.4 is 24.4 Å². The SMILES string of the molecule is CCOC(=O)C1=C(c2ccccc2)N=c2s/c(=C\c3c(OCc4ccc(Br)cc4)ccc4ccccc34)c(=O)n2[C@H]1c1ccc(OC)cc1. The van der Waals surface area contributed by atoms with Crippen molar-refractivity contribution in [1.29, 1.82) is 0 Å². The number of esters is 1. The lowest BCUT2D eigenvalue weighted by molar-refractivity contribution is -0.138.